The molecule has 2 fully saturated rings. The van der Waals surface area contributed by atoms with E-state index >= 15 is 0 Å². The summed E-state index contributed by atoms with van der Waals surface area (Å²) in [6.07, 6.45) is 5.39. The third-order valence-corrected chi connectivity index (χ3v) is 4.76. The van der Waals surface area contributed by atoms with Gasteiger partial charge < -0.3 is 10.6 Å². The second kappa shape index (κ2) is 6.14. The number of amides is 1. The first-order chi connectivity index (χ1) is 10.1. The van der Waals surface area contributed by atoms with Crippen LogP contribution in [0.1, 0.15) is 43.2 Å². The van der Waals surface area contributed by atoms with Crippen LogP contribution in [0.15, 0.2) is 18.2 Å². The predicted molar refractivity (Wildman–Crippen MR) is 80.3 cm³/mol. The van der Waals surface area contributed by atoms with Crippen LogP contribution in [-0.4, -0.2) is 18.0 Å². The van der Waals surface area contributed by atoms with Crippen molar-refractivity contribution in [1.82, 2.24) is 10.6 Å². The average molecular weight is 290 g/mol. The van der Waals surface area contributed by atoms with E-state index in [-0.39, 0.29) is 11.7 Å². The first kappa shape index (κ1) is 14.5. The number of hydrogen-bond acceptors (Lipinski definition) is 2. The fourth-order valence-corrected chi connectivity index (χ4v) is 3.69. The van der Waals surface area contributed by atoms with Crippen molar-refractivity contribution in [3.63, 3.8) is 0 Å². The van der Waals surface area contributed by atoms with Crippen molar-refractivity contribution in [2.24, 2.45) is 5.92 Å². The van der Waals surface area contributed by atoms with Crippen LogP contribution in [0.2, 0.25) is 0 Å². The quantitative estimate of drug-likeness (QED) is 0.895. The first-order valence-electron chi connectivity index (χ1n) is 7.88. The fraction of sp³-hybridized carbons (Fsp3) is 0.588. The molecular weight excluding hydrogens is 267 g/mol. The smallest absolute Gasteiger partial charge is 0.220 e. The minimum Gasteiger partial charge on any atom is -0.352 e. The lowest BCUT2D eigenvalue weighted by atomic mass is 9.89. The summed E-state index contributed by atoms with van der Waals surface area (Å²) in [6, 6.07) is 6.23. The Morgan fingerprint density at radius 2 is 2.05 bits per heavy atom. The van der Waals surface area contributed by atoms with Crippen molar-refractivity contribution >= 4 is 5.91 Å². The van der Waals surface area contributed by atoms with Crippen LogP contribution in [0.25, 0.3) is 0 Å². The number of fused-ring (bicyclic) bond motifs is 2. The van der Waals surface area contributed by atoms with Crippen LogP contribution in [0.5, 0.6) is 0 Å². The molecule has 3 rings (SSSR count). The molecule has 3 nitrogen and oxygen atoms in total. The van der Waals surface area contributed by atoms with Gasteiger partial charge in [-0.15, -0.1) is 0 Å². The highest BCUT2D eigenvalue weighted by atomic mass is 19.1. The Kier molecular flexibility index (Phi) is 4.24. The lowest BCUT2D eigenvalue weighted by Gasteiger charge is -2.28. The van der Waals surface area contributed by atoms with E-state index in [0.29, 0.717) is 36.5 Å². The van der Waals surface area contributed by atoms with Gasteiger partial charge in [-0.05, 0) is 55.7 Å². The lowest BCUT2D eigenvalue weighted by Crippen LogP contribution is -2.39. The van der Waals surface area contributed by atoms with E-state index in [4.69, 9.17) is 0 Å². The largest absolute Gasteiger partial charge is 0.352 e. The van der Waals surface area contributed by atoms with Gasteiger partial charge in [-0.25, -0.2) is 4.39 Å². The molecule has 2 N–H and O–H groups in total. The Morgan fingerprint density at radius 1 is 1.33 bits per heavy atom. The Bertz CT molecular complexity index is 520. The number of aryl methyl sites for hydroxylation is 1. The van der Waals surface area contributed by atoms with Gasteiger partial charge in [0.25, 0.3) is 0 Å². The van der Waals surface area contributed by atoms with Gasteiger partial charge in [-0.1, -0.05) is 12.1 Å². The summed E-state index contributed by atoms with van der Waals surface area (Å²) in [5, 5.41) is 6.56. The minimum absolute atomic E-state index is 0.114. The molecule has 2 saturated heterocycles. The molecule has 2 aliphatic heterocycles. The van der Waals surface area contributed by atoms with Crippen molar-refractivity contribution in [2.45, 2.75) is 57.7 Å². The van der Waals surface area contributed by atoms with Crippen LogP contribution in [0.4, 0.5) is 4.39 Å². The predicted octanol–water partition coefficient (Wildman–Crippen LogP) is 2.67. The van der Waals surface area contributed by atoms with E-state index in [0.717, 1.165) is 18.4 Å². The molecule has 2 bridgehead atoms. The fourth-order valence-electron chi connectivity index (χ4n) is 3.69. The van der Waals surface area contributed by atoms with Crippen molar-refractivity contribution in [2.75, 3.05) is 0 Å². The maximum Gasteiger partial charge on any atom is 0.220 e. The first-order valence-corrected chi connectivity index (χ1v) is 7.88. The van der Waals surface area contributed by atoms with E-state index < -0.39 is 0 Å². The zero-order chi connectivity index (χ0) is 14.8. The second-order valence-electron chi connectivity index (χ2n) is 6.54. The van der Waals surface area contributed by atoms with Gasteiger partial charge in [-0.3, -0.25) is 4.79 Å². The number of carbonyl (C=O) groups excluding carboxylic acids is 1. The van der Waals surface area contributed by atoms with Gasteiger partial charge in [-0.2, -0.15) is 0 Å². The summed E-state index contributed by atoms with van der Waals surface area (Å²) < 4.78 is 13.2. The number of halogens is 1. The lowest BCUT2D eigenvalue weighted by molar-refractivity contribution is -0.122. The Balaban J connectivity index is 1.47. The van der Waals surface area contributed by atoms with Crippen LogP contribution >= 0.6 is 0 Å². The monoisotopic (exact) mass is 290 g/mol. The molecule has 2 aliphatic rings. The molecule has 2 atom stereocenters. The van der Waals surface area contributed by atoms with Gasteiger partial charge in [0.1, 0.15) is 5.82 Å². The van der Waals surface area contributed by atoms with E-state index in [1.165, 1.54) is 18.9 Å². The van der Waals surface area contributed by atoms with Crippen LogP contribution in [0.3, 0.4) is 0 Å². The van der Waals surface area contributed by atoms with Crippen molar-refractivity contribution in [3.05, 3.63) is 35.1 Å². The topological polar surface area (TPSA) is 41.1 Å². The number of benzene rings is 1. The molecule has 0 spiro atoms. The minimum atomic E-state index is -0.199. The number of nitrogens with one attached hydrogen (secondary N) is 2. The zero-order valence-corrected chi connectivity index (χ0v) is 12.5. The maximum absolute atomic E-state index is 13.2. The van der Waals surface area contributed by atoms with Crippen molar-refractivity contribution in [3.8, 4) is 0 Å². The number of hydrogen-bond donors (Lipinski definition) is 2. The molecule has 2 heterocycles. The van der Waals surface area contributed by atoms with Crippen molar-refractivity contribution < 1.29 is 9.18 Å². The van der Waals surface area contributed by atoms with Crippen LogP contribution in [0, 0.1) is 18.7 Å². The summed E-state index contributed by atoms with van der Waals surface area (Å²) in [6.45, 7) is 2.23. The summed E-state index contributed by atoms with van der Waals surface area (Å²) in [7, 11) is 0. The van der Waals surface area contributed by atoms with Gasteiger partial charge in [0.05, 0.1) is 0 Å². The Labute approximate surface area is 125 Å². The van der Waals surface area contributed by atoms with E-state index in [1.807, 2.05) is 0 Å². The maximum atomic E-state index is 13.2. The third-order valence-electron chi connectivity index (χ3n) is 4.76. The van der Waals surface area contributed by atoms with E-state index in [2.05, 4.69) is 10.6 Å². The van der Waals surface area contributed by atoms with Gasteiger partial charge in [0.2, 0.25) is 5.91 Å². The van der Waals surface area contributed by atoms with E-state index in [9.17, 15) is 9.18 Å². The SMILES string of the molecule is Cc1cc(CNC(=O)CC2CC3CCC(C2)N3)ccc1F. The van der Waals surface area contributed by atoms with Crippen LogP contribution in [-0.2, 0) is 11.3 Å². The van der Waals surface area contributed by atoms with Gasteiger partial charge in [0, 0.05) is 25.0 Å². The molecule has 0 saturated carbocycles. The zero-order valence-electron chi connectivity index (χ0n) is 12.5. The summed E-state index contributed by atoms with van der Waals surface area (Å²) in [4.78, 5) is 12.1. The molecular formula is C17H23FN2O. The van der Waals surface area contributed by atoms with Gasteiger partial charge in [0.15, 0.2) is 0 Å². The molecule has 1 aromatic carbocycles. The van der Waals surface area contributed by atoms with Gasteiger partial charge >= 0.3 is 0 Å². The highest BCUT2D eigenvalue weighted by molar-refractivity contribution is 5.76. The summed E-state index contributed by atoms with van der Waals surface area (Å²) >= 11 is 0. The highest BCUT2D eigenvalue weighted by Gasteiger charge is 2.34. The molecule has 4 heteroatoms. The normalized spacial score (nSPS) is 27.6. The average Bonchev–Trinajstić information content (AvgIpc) is 2.79. The second-order valence-corrected chi connectivity index (χ2v) is 6.54. The summed E-state index contributed by atoms with van der Waals surface area (Å²) in [5.74, 6) is 0.428. The van der Waals surface area contributed by atoms with Crippen molar-refractivity contribution in [1.29, 1.82) is 0 Å². The molecule has 1 aromatic rings. The third kappa shape index (κ3) is 3.62. The van der Waals surface area contributed by atoms with E-state index in [1.54, 1.807) is 19.1 Å². The number of carbonyl (C=O) groups is 1. The summed E-state index contributed by atoms with van der Waals surface area (Å²) in [5.41, 5.74) is 1.57. The Hall–Kier alpha value is -1.42. The highest BCUT2D eigenvalue weighted by Crippen LogP contribution is 2.32. The standard InChI is InChI=1S/C17H23FN2O/c1-11-6-12(2-5-16(11)18)10-19-17(21)9-13-7-14-3-4-15(8-13)20-14/h2,5-6,13-15,20H,3-4,7-10H2,1H3,(H,19,21). The molecule has 1 amide bonds. The molecule has 0 radical (unpaired) electrons. The molecule has 2 unspecified atom stereocenters. The molecule has 114 valence electrons. The number of piperidine rings is 1. The molecule has 0 aliphatic carbocycles. The molecule has 21 heavy (non-hydrogen) atoms. The van der Waals surface area contributed by atoms with Crippen LogP contribution < -0.4 is 10.6 Å². The molecule has 0 aromatic heterocycles. The number of rotatable bonds is 4. The Morgan fingerprint density at radius 3 is 2.71 bits per heavy atom.